The maximum atomic E-state index is 13.6. The number of benzene rings is 1. The van der Waals surface area contributed by atoms with E-state index in [1.807, 2.05) is 7.05 Å². The zero-order chi connectivity index (χ0) is 24.6. The summed E-state index contributed by atoms with van der Waals surface area (Å²) >= 11 is 0. The third kappa shape index (κ3) is 5.61. The van der Waals surface area contributed by atoms with Gasteiger partial charge < -0.3 is 15.0 Å². The van der Waals surface area contributed by atoms with Crippen LogP contribution in [0.3, 0.4) is 0 Å². The summed E-state index contributed by atoms with van der Waals surface area (Å²) in [6.45, 7) is 1.76. The molecule has 5 rings (SSSR count). The second-order valence-electron chi connectivity index (χ2n) is 9.78. The third-order valence-corrected chi connectivity index (χ3v) is 8.82. The number of amides is 2. The van der Waals surface area contributed by atoms with Gasteiger partial charge in [0.1, 0.15) is 6.73 Å². The van der Waals surface area contributed by atoms with E-state index in [-0.39, 0.29) is 42.3 Å². The van der Waals surface area contributed by atoms with Crippen molar-refractivity contribution in [2.75, 3.05) is 36.9 Å². The molecule has 1 aromatic carbocycles. The molecule has 10 nitrogen and oxygen atoms in total. The molecule has 0 spiro atoms. The van der Waals surface area contributed by atoms with Gasteiger partial charge in [0.2, 0.25) is 0 Å². The number of ether oxygens (including phenoxy) is 1. The summed E-state index contributed by atoms with van der Waals surface area (Å²) in [5.41, 5.74) is 6.11. The number of piperidine rings is 1. The molecule has 0 atom stereocenters. The Hall–Kier alpha value is -1.63. The Morgan fingerprint density at radius 3 is 2.39 bits per heavy atom. The molecule has 0 unspecified atom stereocenters. The number of nitrogens with zero attached hydrogens (tertiary/aromatic N) is 4. The van der Waals surface area contributed by atoms with Crippen LogP contribution in [0.15, 0.2) is 18.5 Å². The van der Waals surface area contributed by atoms with Crippen molar-refractivity contribution in [1.82, 2.24) is 19.4 Å². The topological polar surface area (TPSA) is 109 Å². The first kappa shape index (κ1) is 27.4. The number of hydrogen-bond acceptors (Lipinski definition) is 6. The van der Waals surface area contributed by atoms with Gasteiger partial charge in [-0.3, -0.25) is 0 Å². The van der Waals surface area contributed by atoms with Gasteiger partial charge >= 0.3 is 45.8 Å². The number of carbonyl (C=O) groups is 1. The van der Waals surface area contributed by atoms with Gasteiger partial charge in [0.25, 0.3) is 0 Å². The summed E-state index contributed by atoms with van der Waals surface area (Å²) in [4.78, 5) is 15.3. The molecule has 2 amide bonds. The summed E-state index contributed by atoms with van der Waals surface area (Å²) in [5, 5.41) is 7.16. The minimum absolute atomic E-state index is 0. The third-order valence-electron chi connectivity index (χ3n) is 7.35. The first-order valence-corrected chi connectivity index (χ1v) is 13.8. The van der Waals surface area contributed by atoms with Crippen molar-refractivity contribution in [3.05, 3.63) is 40.7 Å². The molecule has 192 valence electrons. The average molecular weight is 527 g/mol. The Balaban J connectivity index is 0.00000304. The fourth-order valence-corrected chi connectivity index (χ4v) is 7.08. The number of urea groups is 1. The molecule has 0 radical (unpaired) electrons. The zero-order valence-corrected chi connectivity index (χ0v) is 21.2. The van der Waals surface area contributed by atoms with Crippen LogP contribution in [0.25, 0.3) is 0 Å². The molecule has 2 aromatic rings. The number of likely N-dealkylation sites (tertiary alicyclic amines) is 1. The molecule has 3 aliphatic rings. The molecule has 2 aliphatic carbocycles. The Labute approximate surface area is 235 Å². The van der Waals surface area contributed by atoms with E-state index in [1.54, 1.807) is 13.3 Å². The van der Waals surface area contributed by atoms with Crippen LogP contribution < -0.4 is 14.3 Å². The van der Waals surface area contributed by atoms with Gasteiger partial charge in [0.15, 0.2) is 0 Å². The number of anilines is 2. The van der Waals surface area contributed by atoms with Crippen molar-refractivity contribution >= 4 is 57.2 Å². The minimum atomic E-state index is -4.18. The van der Waals surface area contributed by atoms with Crippen LogP contribution in [-0.4, -0.2) is 92.0 Å². The summed E-state index contributed by atoms with van der Waals surface area (Å²) in [7, 11) is -0.610. The predicted molar refractivity (Wildman–Crippen MR) is 141 cm³/mol. The van der Waals surface area contributed by atoms with Gasteiger partial charge in [-0.25, -0.2) is 18.5 Å². The van der Waals surface area contributed by atoms with E-state index in [0.717, 1.165) is 68.4 Å². The van der Waals surface area contributed by atoms with Crippen molar-refractivity contribution in [1.29, 1.82) is 0 Å². The number of aromatic nitrogens is 2. The monoisotopic (exact) mass is 526 g/mol. The molecule has 0 bridgehead atoms. The number of fused-ring (bicyclic) bond motifs is 2. The van der Waals surface area contributed by atoms with Crippen molar-refractivity contribution in [3.63, 3.8) is 0 Å². The van der Waals surface area contributed by atoms with Crippen molar-refractivity contribution in [2.24, 2.45) is 0 Å². The summed E-state index contributed by atoms with van der Waals surface area (Å²) in [6.07, 6.45) is 10.4. The van der Waals surface area contributed by atoms with Crippen LogP contribution in [0.5, 0.6) is 0 Å². The van der Waals surface area contributed by atoms with Crippen LogP contribution >= 0.6 is 0 Å². The van der Waals surface area contributed by atoms with Gasteiger partial charge in [-0.2, -0.15) is 13.5 Å². The van der Waals surface area contributed by atoms with Crippen molar-refractivity contribution in [3.8, 4) is 0 Å². The standard InChI is InChI=1S/C24H34N6O4S.Na.H/c1-28-11-9-19(10-12-28)30(20-14-25-29(15-20)16-34-2)35(32,33)27-24(31)26-23-21-7-3-5-17(21)13-18-6-4-8-22(18)23;;/h13-15,19H,3-12,16H2,1-2H3,(H2,26,27,31);;. The van der Waals surface area contributed by atoms with E-state index in [9.17, 15) is 13.2 Å². The molecule has 2 N–H and O–H groups in total. The van der Waals surface area contributed by atoms with Crippen LogP contribution in [-0.2, 0) is 47.4 Å². The van der Waals surface area contributed by atoms with E-state index >= 15 is 0 Å². The first-order chi connectivity index (χ1) is 16.9. The second-order valence-corrected chi connectivity index (χ2v) is 11.3. The summed E-state index contributed by atoms with van der Waals surface area (Å²) in [6, 6.07) is 1.29. The van der Waals surface area contributed by atoms with Crippen LogP contribution in [0, 0.1) is 0 Å². The van der Waals surface area contributed by atoms with Crippen LogP contribution in [0.2, 0.25) is 0 Å². The molecule has 1 aromatic heterocycles. The fourth-order valence-electron chi connectivity index (χ4n) is 5.72. The van der Waals surface area contributed by atoms with E-state index in [1.165, 1.54) is 26.3 Å². The van der Waals surface area contributed by atoms with E-state index in [0.29, 0.717) is 18.5 Å². The van der Waals surface area contributed by atoms with Gasteiger partial charge in [-0.05, 0) is 93.8 Å². The second kappa shape index (κ2) is 11.4. The Bertz CT molecular complexity index is 1180. The normalized spacial score (nSPS) is 17.8. The van der Waals surface area contributed by atoms with Crippen LogP contribution in [0.1, 0.15) is 47.9 Å². The van der Waals surface area contributed by atoms with Gasteiger partial charge in [-0.1, -0.05) is 6.07 Å². The van der Waals surface area contributed by atoms with E-state index in [4.69, 9.17) is 4.74 Å². The van der Waals surface area contributed by atoms with Crippen LogP contribution in [0.4, 0.5) is 16.2 Å². The van der Waals surface area contributed by atoms with E-state index < -0.39 is 16.2 Å². The summed E-state index contributed by atoms with van der Waals surface area (Å²) < 4.78 is 37.5. The molecule has 12 heteroatoms. The Kier molecular flexibility index (Phi) is 8.68. The average Bonchev–Trinajstić information content (AvgIpc) is 3.56. The van der Waals surface area contributed by atoms with E-state index in [2.05, 4.69) is 26.1 Å². The fraction of sp³-hybridized carbons (Fsp3) is 0.583. The zero-order valence-electron chi connectivity index (χ0n) is 20.4. The first-order valence-electron chi connectivity index (χ1n) is 12.4. The molecule has 1 fully saturated rings. The van der Waals surface area contributed by atoms with Crippen molar-refractivity contribution in [2.45, 2.75) is 64.1 Å². The number of nitrogens with one attached hydrogen (secondary N) is 2. The Morgan fingerprint density at radius 1 is 1.14 bits per heavy atom. The van der Waals surface area contributed by atoms with Gasteiger partial charge in [0, 0.05) is 18.8 Å². The Morgan fingerprint density at radius 2 is 1.78 bits per heavy atom. The number of carbonyl (C=O) groups excluding carboxylic acids is 1. The molecule has 0 saturated carbocycles. The van der Waals surface area contributed by atoms with Gasteiger partial charge in [-0.15, -0.1) is 0 Å². The number of rotatable bonds is 7. The number of hydrogen-bond donors (Lipinski definition) is 2. The molecule has 1 aliphatic heterocycles. The molecule has 1 saturated heterocycles. The molecule has 36 heavy (non-hydrogen) atoms. The molecule has 2 heterocycles. The quantitative estimate of drug-likeness (QED) is 0.533. The maximum absolute atomic E-state index is 13.6. The summed E-state index contributed by atoms with van der Waals surface area (Å²) in [5.74, 6) is 0. The molecular weight excluding hydrogens is 491 g/mol. The predicted octanol–water partition coefficient (Wildman–Crippen LogP) is 1.78. The number of aryl methyl sites for hydroxylation is 2. The number of methoxy groups -OCH3 is 1. The molecular formula is C24H35N6NaO4S. The van der Waals surface area contributed by atoms with Crippen molar-refractivity contribution < 1.29 is 17.9 Å². The SMILES string of the molecule is COCn1cc(N(C2CCN(C)CC2)S(=O)(=O)NC(=O)Nc2c3c(cc4c2CCC4)CCC3)cn1.[NaH]. The van der Waals surface area contributed by atoms with Gasteiger partial charge in [0.05, 0.1) is 18.1 Å².